The summed E-state index contributed by atoms with van der Waals surface area (Å²) in [5.74, 6) is -1.48. The van der Waals surface area contributed by atoms with E-state index in [2.05, 4.69) is 5.10 Å². The van der Waals surface area contributed by atoms with Crippen molar-refractivity contribution in [1.82, 2.24) is 14.3 Å². The van der Waals surface area contributed by atoms with Gasteiger partial charge in [0.1, 0.15) is 17.2 Å². The SMILES string of the molecule is Cn1c2cc(B(O)O)sc2c2cnn(Cc3c(F)cccc3F)c(=O)c21. The second-order valence-corrected chi connectivity index (χ2v) is 6.95. The number of aromatic nitrogens is 3. The number of benzene rings is 1. The summed E-state index contributed by atoms with van der Waals surface area (Å²) < 4.78 is 31.4. The van der Waals surface area contributed by atoms with Crippen LogP contribution in [0.2, 0.25) is 0 Å². The summed E-state index contributed by atoms with van der Waals surface area (Å²) in [6, 6.07) is 5.10. The average molecular weight is 375 g/mol. The van der Waals surface area contributed by atoms with Gasteiger partial charge in [-0.2, -0.15) is 5.10 Å². The van der Waals surface area contributed by atoms with Crippen LogP contribution in [0.5, 0.6) is 0 Å². The summed E-state index contributed by atoms with van der Waals surface area (Å²) in [5.41, 5.74) is 0.268. The molecule has 0 aliphatic carbocycles. The van der Waals surface area contributed by atoms with Crippen molar-refractivity contribution >= 4 is 44.4 Å². The van der Waals surface area contributed by atoms with Gasteiger partial charge in [-0.1, -0.05) is 6.07 Å². The third-order valence-electron chi connectivity index (χ3n) is 4.32. The molecule has 4 aromatic rings. The Hall–Kier alpha value is -2.56. The number of halogens is 2. The van der Waals surface area contributed by atoms with Crippen LogP contribution in [0.4, 0.5) is 8.78 Å². The van der Waals surface area contributed by atoms with Crippen LogP contribution in [0.3, 0.4) is 0 Å². The topological polar surface area (TPSA) is 80.3 Å². The van der Waals surface area contributed by atoms with Crippen molar-refractivity contribution in [3.63, 3.8) is 0 Å². The lowest BCUT2D eigenvalue weighted by Gasteiger charge is -2.07. The molecule has 10 heteroatoms. The van der Waals surface area contributed by atoms with Crippen molar-refractivity contribution < 1.29 is 18.8 Å². The third-order valence-corrected chi connectivity index (χ3v) is 5.51. The second kappa shape index (κ2) is 6.01. The number of fused-ring (bicyclic) bond motifs is 3. The van der Waals surface area contributed by atoms with Gasteiger partial charge in [0.05, 0.1) is 23.0 Å². The summed E-state index contributed by atoms with van der Waals surface area (Å²) in [6.45, 7) is -0.327. The highest BCUT2D eigenvalue weighted by molar-refractivity contribution is 7.28. The fourth-order valence-corrected chi connectivity index (χ4v) is 4.08. The largest absolute Gasteiger partial charge is 0.499 e. The number of rotatable bonds is 3. The molecule has 0 saturated heterocycles. The molecule has 3 aromatic heterocycles. The molecule has 4 rings (SSSR count). The highest BCUT2D eigenvalue weighted by Crippen LogP contribution is 2.29. The summed E-state index contributed by atoms with van der Waals surface area (Å²) in [6.07, 6.45) is 1.45. The number of hydrogen-bond donors (Lipinski definition) is 2. The zero-order valence-corrected chi connectivity index (χ0v) is 14.3. The molecule has 0 radical (unpaired) electrons. The van der Waals surface area contributed by atoms with Crippen LogP contribution in [0.25, 0.3) is 21.1 Å². The molecule has 0 atom stereocenters. The van der Waals surface area contributed by atoms with Gasteiger partial charge < -0.3 is 14.6 Å². The monoisotopic (exact) mass is 375 g/mol. The molecular formula is C16H12BF2N3O3S. The predicted octanol–water partition coefficient (Wildman–Crippen LogP) is 0.956. The van der Waals surface area contributed by atoms with Crippen molar-refractivity contribution in [2.24, 2.45) is 7.05 Å². The van der Waals surface area contributed by atoms with E-state index in [0.29, 0.717) is 25.9 Å². The van der Waals surface area contributed by atoms with E-state index >= 15 is 0 Å². The van der Waals surface area contributed by atoms with Gasteiger partial charge in [-0.25, -0.2) is 13.5 Å². The van der Waals surface area contributed by atoms with Gasteiger partial charge in [-0.3, -0.25) is 4.79 Å². The Balaban J connectivity index is 1.90. The molecule has 2 N–H and O–H groups in total. The molecule has 6 nitrogen and oxygen atoms in total. The Morgan fingerprint density at radius 1 is 1.27 bits per heavy atom. The first-order valence-corrected chi connectivity index (χ1v) is 8.47. The van der Waals surface area contributed by atoms with Crippen molar-refractivity contribution in [3.05, 3.63) is 58.0 Å². The van der Waals surface area contributed by atoms with E-state index < -0.39 is 24.3 Å². The maximum absolute atomic E-state index is 13.9. The maximum Gasteiger partial charge on any atom is 0.499 e. The Kier molecular flexibility index (Phi) is 3.90. The molecular weight excluding hydrogens is 363 g/mol. The molecule has 132 valence electrons. The molecule has 0 amide bonds. The van der Waals surface area contributed by atoms with Gasteiger partial charge in [-0.05, 0) is 18.2 Å². The van der Waals surface area contributed by atoms with Crippen LogP contribution in [0.1, 0.15) is 5.56 Å². The second-order valence-electron chi connectivity index (χ2n) is 5.87. The van der Waals surface area contributed by atoms with Gasteiger partial charge in [0.15, 0.2) is 0 Å². The maximum atomic E-state index is 13.9. The lowest BCUT2D eigenvalue weighted by Crippen LogP contribution is -2.27. The number of hydrogen-bond acceptors (Lipinski definition) is 5. The van der Waals surface area contributed by atoms with Crippen molar-refractivity contribution in [1.29, 1.82) is 0 Å². The van der Waals surface area contributed by atoms with Gasteiger partial charge in [-0.15, -0.1) is 11.3 Å². The first kappa shape index (κ1) is 16.9. The molecule has 3 heterocycles. The molecule has 0 aliphatic heterocycles. The summed E-state index contributed by atoms with van der Waals surface area (Å²) >= 11 is 1.15. The molecule has 0 spiro atoms. The van der Waals surface area contributed by atoms with Gasteiger partial charge in [0.25, 0.3) is 5.56 Å². The smallest absolute Gasteiger partial charge is 0.423 e. The average Bonchev–Trinajstić information content (AvgIpc) is 3.13. The van der Waals surface area contributed by atoms with Gasteiger partial charge in [0, 0.05) is 22.8 Å². The minimum Gasteiger partial charge on any atom is -0.423 e. The fourth-order valence-electron chi connectivity index (χ4n) is 3.00. The minimum atomic E-state index is -1.60. The van der Waals surface area contributed by atoms with E-state index in [1.807, 2.05) is 0 Å². The summed E-state index contributed by atoms with van der Waals surface area (Å²) in [4.78, 5) is 12.8. The highest BCUT2D eigenvalue weighted by Gasteiger charge is 2.21. The number of aryl methyl sites for hydroxylation is 1. The van der Waals surface area contributed by atoms with Crippen LogP contribution in [-0.4, -0.2) is 31.5 Å². The lowest BCUT2D eigenvalue weighted by atomic mass is 9.90. The van der Waals surface area contributed by atoms with Crippen LogP contribution >= 0.6 is 11.3 Å². The highest BCUT2D eigenvalue weighted by atomic mass is 32.1. The van der Waals surface area contributed by atoms with Crippen LogP contribution in [-0.2, 0) is 13.6 Å². The number of nitrogens with zero attached hydrogens (tertiary/aromatic N) is 3. The molecule has 1 aromatic carbocycles. The molecule has 26 heavy (non-hydrogen) atoms. The van der Waals surface area contributed by atoms with E-state index in [1.54, 1.807) is 17.7 Å². The molecule has 0 unspecified atom stereocenters. The molecule has 0 fully saturated rings. The zero-order valence-electron chi connectivity index (χ0n) is 13.5. The summed E-state index contributed by atoms with van der Waals surface area (Å²) in [5, 5.41) is 23.2. The predicted molar refractivity (Wildman–Crippen MR) is 95.6 cm³/mol. The standard InChI is InChI=1S/C16H12BF2N3O3S/c1-21-12-5-13(17(24)25)26-15(12)8-6-20-22(16(23)14(8)21)7-9-10(18)3-2-4-11(9)19/h2-6,24-25H,7H2,1H3. The first-order valence-electron chi connectivity index (χ1n) is 7.65. The lowest BCUT2D eigenvalue weighted by molar-refractivity contribution is 0.427. The van der Waals surface area contributed by atoms with Gasteiger partial charge >= 0.3 is 7.12 Å². The van der Waals surface area contributed by atoms with Crippen LogP contribution in [0, 0.1) is 11.6 Å². The molecule has 0 saturated carbocycles. The minimum absolute atomic E-state index is 0.233. The Morgan fingerprint density at radius 2 is 1.96 bits per heavy atom. The van der Waals surface area contributed by atoms with Crippen molar-refractivity contribution in [3.8, 4) is 0 Å². The fraction of sp³-hybridized carbons (Fsp3) is 0.125. The normalized spacial score (nSPS) is 11.6. The zero-order chi connectivity index (χ0) is 18.6. The number of thiophene rings is 1. The van der Waals surface area contributed by atoms with E-state index in [4.69, 9.17) is 0 Å². The van der Waals surface area contributed by atoms with Crippen LogP contribution < -0.4 is 10.3 Å². The van der Waals surface area contributed by atoms with E-state index in [1.165, 1.54) is 12.3 Å². The van der Waals surface area contributed by atoms with Gasteiger partial charge in [0.2, 0.25) is 0 Å². The Bertz CT molecular complexity index is 1190. The van der Waals surface area contributed by atoms with E-state index in [0.717, 1.165) is 28.2 Å². The first-order chi connectivity index (χ1) is 12.4. The quantitative estimate of drug-likeness (QED) is 0.523. The summed E-state index contributed by atoms with van der Waals surface area (Å²) in [7, 11) is 0.0696. The molecule has 0 aliphatic rings. The van der Waals surface area contributed by atoms with Crippen molar-refractivity contribution in [2.45, 2.75) is 6.54 Å². The van der Waals surface area contributed by atoms with E-state index in [-0.39, 0.29) is 12.1 Å². The Labute approximate surface area is 149 Å². The van der Waals surface area contributed by atoms with Crippen LogP contribution in [0.15, 0.2) is 35.3 Å². The van der Waals surface area contributed by atoms with E-state index in [9.17, 15) is 23.6 Å². The van der Waals surface area contributed by atoms with Crippen molar-refractivity contribution in [2.75, 3.05) is 0 Å². The molecule has 0 bridgehead atoms. The Morgan fingerprint density at radius 3 is 2.62 bits per heavy atom. The third kappa shape index (κ3) is 2.45.